The summed E-state index contributed by atoms with van der Waals surface area (Å²) in [4.78, 5) is 28.1. The molecule has 0 radical (unpaired) electrons. The molecule has 2 aliphatic heterocycles. The van der Waals surface area contributed by atoms with E-state index in [1.165, 1.54) is 27.9 Å². The molecular weight excluding hydrogens is 407 g/mol. The van der Waals surface area contributed by atoms with Crippen LogP contribution in [-0.2, 0) is 11.3 Å². The molecule has 0 atom stereocenters. The Kier molecular flexibility index (Phi) is 6.14. The number of carbonyl (C=O) groups excluding carboxylic acids is 2. The molecule has 0 spiro atoms. The van der Waals surface area contributed by atoms with Crippen molar-refractivity contribution in [2.75, 3.05) is 44.7 Å². The topological polar surface area (TPSA) is 113 Å². The van der Waals surface area contributed by atoms with E-state index in [0.29, 0.717) is 52.2 Å². The highest BCUT2D eigenvalue weighted by atomic mass is 19.1. The summed E-state index contributed by atoms with van der Waals surface area (Å²) in [7, 11) is 0. The summed E-state index contributed by atoms with van der Waals surface area (Å²) >= 11 is 0. The molecule has 11 heteroatoms. The number of likely N-dealkylation sites (tertiary alicyclic amines) is 1. The van der Waals surface area contributed by atoms with Crippen LogP contribution in [0.3, 0.4) is 0 Å². The third-order valence-corrected chi connectivity index (χ3v) is 5.61. The maximum Gasteiger partial charge on any atom is 0.321 e. The van der Waals surface area contributed by atoms with Gasteiger partial charge in [0.25, 0.3) is 5.91 Å². The molecule has 31 heavy (non-hydrogen) atoms. The summed E-state index contributed by atoms with van der Waals surface area (Å²) in [5.74, 6) is -0.709. The van der Waals surface area contributed by atoms with Crippen molar-refractivity contribution in [1.29, 1.82) is 0 Å². The lowest BCUT2D eigenvalue weighted by Crippen LogP contribution is -2.49. The Morgan fingerprint density at radius 2 is 1.84 bits per heavy atom. The van der Waals surface area contributed by atoms with E-state index in [2.05, 4.69) is 15.6 Å². The number of urea groups is 1. The predicted octanol–water partition coefficient (Wildman–Crippen LogP) is 0.949. The van der Waals surface area contributed by atoms with E-state index < -0.39 is 17.4 Å². The number of anilines is 1. The number of hydrogen-bond acceptors (Lipinski definition) is 6. The van der Waals surface area contributed by atoms with Crippen molar-refractivity contribution in [3.8, 4) is 0 Å². The van der Waals surface area contributed by atoms with Crippen LogP contribution in [0.4, 0.5) is 14.9 Å². The molecule has 0 unspecified atom stereocenters. The zero-order valence-corrected chi connectivity index (χ0v) is 17.0. The Balaban J connectivity index is 1.31. The van der Waals surface area contributed by atoms with E-state index in [9.17, 15) is 19.1 Å². The Morgan fingerprint density at radius 3 is 2.55 bits per heavy atom. The minimum Gasteiger partial charge on any atom is -0.388 e. The summed E-state index contributed by atoms with van der Waals surface area (Å²) < 4.78 is 20.4. The Hall–Kier alpha value is -3.05. The number of aliphatic hydroxyl groups is 1. The van der Waals surface area contributed by atoms with Gasteiger partial charge in [-0.05, 0) is 25.0 Å². The zero-order chi connectivity index (χ0) is 21.8. The molecule has 0 bridgehead atoms. The molecule has 2 saturated heterocycles. The second kappa shape index (κ2) is 8.98. The third kappa shape index (κ3) is 5.00. The maximum absolute atomic E-state index is 13.7. The Bertz CT molecular complexity index is 937. The summed E-state index contributed by atoms with van der Waals surface area (Å²) in [5, 5.41) is 21.4. The van der Waals surface area contributed by atoms with Crippen LogP contribution in [0.1, 0.15) is 23.3 Å². The van der Waals surface area contributed by atoms with Gasteiger partial charge in [-0.2, -0.15) is 0 Å². The number of piperidine rings is 1. The van der Waals surface area contributed by atoms with E-state index >= 15 is 0 Å². The number of hydrogen-bond donors (Lipinski definition) is 2. The molecular formula is C20H25FN6O4. The summed E-state index contributed by atoms with van der Waals surface area (Å²) in [6.45, 7) is 2.82. The monoisotopic (exact) mass is 432 g/mol. The first kappa shape index (κ1) is 21.2. The smallest absolute Gasteiger partial charge is 0.321 e. The summed E-state index contributed by atoms with van der Waals surface area (Å²) in [5.41, 5.74) is -0.734. The quantitative estimate of drug-likeness (QED) is 0.744. The number of rotatable bonds is 4. The predicted molar refractivity (Wildman–Crippen MR) is 108 cm³/mol. The Morgan fingerprint density at radius 1 is 1.13 bits per heavy atom. The zero-order valence-electron chi connectivity index (χ0n) is 17.0. The van der Waals surface area contributed by atoms with Crippen LogP contribution in [-0.4, -0.2) is 86.8 Å². The van der Waals surface area contributed by atoms with Crippen molar-refractivity contribution in [3.05, 3.63) is 42.0 Å². The molecule has 2 N–H and O–H groups in total. The van der Waals surface area contributed by atoms with E-state index in [0.717, 1.165) is 0 Å². The average molecular weight is 432 g/mol. The molecule has 0 aliphatic carbocycles. The van der Waals surface area contributed by atoms with Crippen LogP contribution < -0.4 is 5.32 Å². The molecule has 4 rings (SSSR count). The standard InChI is InChI=1S/C20H25FN6O4/c21-15-3-1-2-4-16(15)22-19(29)26-7-5-20(30,6-8-26)14-27-13-17(23-24-27)18(28)25-9-11-31-12-10-25/h1-4,13,30H,5-12,14H2,(H,22,29). The summed E-state index contributed by atoms with van der Waals surface area (Å²) in [6, 6.07) is 5.56. The minimum atomic E-state index is -1.08. The number of halogens is 1. The molecule has 10 nitrogen and oxygen atoms in total. The van der Waals surface area contributed by atoms with E-state index in [-0.39, 0.29) is 23.8 Å². The first-order valence-electron chi connectivity index (χ1n) is 10.2. The van der Waals surface area contributed by atoms with Crippen molar-refractivity contribution in [2.24, 2.45) is 0 Å². The van der Waals surface area contributed by atoms with Gasteiger partial charge in [-0.3, -0.25) is 4.79 Å². The number of carbonyl (C=O) groups is 2. The molecule has 2 aliphatic rings. The van der Waals surface area contributed by atoms with E-state index in [4.69, 9.17) is 4.74 Å². The first-order valence-corrected chi connectivity index (χ1v) is 10.2. The van der Waals surface area contributed by atoms with Gasteiger partial charge in [0.05, 0.1) is 37.2 Å². The van der Waals surface area contributed by atoms with Crippen LogP contribution in [0.2, 0.25) is 0 Å². The first-order chi connectivity index (χ1) is 14.9. The van der Waals surface area contributed by atoms with Crippen molar-refractivity contribution in [1.82, 2.24) is 24.8 Å². The van der Waals surface area contributed by atoms with Gasteiger partial charge in [-0.1, -0.05) is 17.3 Å². The molecule has 2 fully saturated rings. The third-order valence-electron chi connectivity index (χ3n) is 5.61. The number of morpholine rings is 1. The van der Waals surface area contributed by atoms with Crippen LogP contribution in [0.15, 0.2) is 30.5 Å². The second-order valence-corrected chi connectivity index (χ2v) is 7.83. The summed E-state index contributed by atoms with van der Waals surface area (Å²) in [6.07, 6.45) is 2.18. The average Bonchev–Trinajstić information content (AvgIpc) is 3.23. The molecule has 1 aromatic heterocycles. The normalized spacial score (nSPS) is 18.6. The fourth-order valence-electron chi connectivity index (χ4n) is 3.74. The molecule has 3 heterocycles. The lowest BCUT2D eigenvalue weighted by Gasteiger charge is -2.37. The fourth-order valence-corrected chi connectivity index (χ4v) is 3.74. The van der Waals surface area contributed by atoms with Gasteiger partial charge in [0.15, 0.2) is 5.69 Å². The van der Waals surface area contributed by atoms with Crippen LogP contribution >= 0.6 is 0 Å². The van der Waals surface area contributed by atoms with Gasteiger partial charge in [0.2, 0.25) is 0 Å². The van der Waals surface area contributed by atoms with Crippen LogP contribution in [0.25, 0.3) is 0 Å². The van der Waals surface area contributed by atoms with Gasteiger partial charge >= 0.3 is 6.03 Å². The highest BCUT2D eigenvalue weighted by molar-refractivity contribution is 5.92. The number of aromatic nitrogens is 3. The van der Waals surface area contributed by atoms with Gasteiger partial charge in [-0.15, -0.1) is 5.10 Å². The second-order valence-electron chi connectivity index (χ2n) is 7.83. The number of para-hydroxylation sites is 1. The minimum absolute atomic E-state index is 0.119. The number of amides is 3. The largest absolute Gasteiger partial charge is 0.388 e. The van der Waals surface area contributed by atoms with Gasteiger partial charge in [0, 0.05) is 26.2 Å². The number of ether oxygens (including phenoxy) is 1. The lowest BCUT2D eigenvalue weighted by molar-refractivity contribution is -0.0276. The molecule has 0 saturated carbocycles. The molecule has 166 valence electrons. The highest BCUT2D eigenvalue weighted by Gasteiger charge is 2.35. The van der Waals surface area contributed by atoms with E-state index in [1.807, 2.05) is 0 Å². The number of nitrogens with zero attached hydrogens (tertiary/aromatic N) is 5. The van der Waals surface area contributed by atoms with E-state index in [1.54, 1.807) is 17.0 Å². The fraction of sp³-hybridized carbons (Fsp3) is 0.500. The van der Waals surface area contributed by atoms with Crippen molar-refractivity contribution < 1.29 is 23.8 Å². The number of benzene rings is 1. The lowest BCUT2D eigenvalue weighted by atomic mass is 9.91. The SMILES string of the molecule is O=C(Nc1ccccc1F)N1CCC(O)(Cn2cc(C(=O)N3CCOCC3)nn2)CC1. The maximum atomic E-state index is 13.7. The Labute approximate surface area is 178 Å². The van der Waals surface area contributed by atoms with Gasteiger partial charge < -0.3 is 25.0 Å². The molecule has 3 amide bonds. The van der Waals surface area contributed by atoms with Crippen LogP contribution in [0.5, 0.6) is 0 Å². The van der Waals surface area contributed by atoms with Gasteiger partial charge in [0.1, 0.15) is 5.82 Å². The molecule has 2 aromatic rings. The van der Waals surface area contributed by atoms with Crippen molar-refractivity contribution in [3.63, 3.8) is 0 Å². The van der Waals surface area contributed by atoms with Crippen molar-refractivity contribution >= 4 is 17.6 Å². The van der Waals surface area contributed by atoms with Crippen LogP contribution in [0, 0.1) is 5.82 Å². The van der Waals surface area contributed by atoms with Gasteiger partial charge in [-0.25, -0.2) is 13.9 Å². The number of nitrogens with one attached hydrogen (secondary N) is 1. The molecule has 1 aromatic carbocycles. The highest BCUT2D eigenvalue weighted by Crippen LogP contribution is 2.25. The van der Waals surface area contributed by atoms with Crippen molar-refractivity contribution in [2.45, 2.75) is 25.0 Å².